The highest BCUT2D eigenvalue weighted by molar-refractivity contribution is 7.98. The molecule has 3 nitrogen and oxygen atoms in total. The zero-order valence-electron chi connectivity index (χ0n) is 9.03. The zero-order valence-corrected chi connectivity index (χ0v) is 10.7. The molecule has 1 amide bonds. The summed E-state index contributed by atoms with van der Waals surface area (Å²) in [6.45, 7) is 5.59. The topological polar surface area (TPSA) is 32.3 Å². The lowest BCUT2D eigenvalue weighted by atomic mass is 10.2. The predicted octanol–water partition coefficient (Wildman–Crippen LogP) is 1.40. The number of hydrogen-bond acceptors (Lipinski definition) is 3. The summed E-state index contributed by atoms with van der Waals surface area (Å²) < 4.78 is 0. The van der Waals surface area contributed by atoms with Gasteiger partial charge in [-0.2, -0.15) is 11.8 Å². The van der Waals surface area contributed by atoms with Crippen molar-refractivity contribution in [2.45, 2.75) is 25.4 Å². The highest BCUT2D eigenvalue weighted by atomic mass is 32.2. The number of nitrogens with one attached hydrogen (secondary N) is 1. The Hall–Kier alpha value is -0.550. The molecule has 2 atom stereocenters. The van der Waals surface area contributed by atoms with Crippen molar-refractivity contribution in [1.82, 2.24) is 10.2 Å². The van der Waals surface area contributed by atoms with Gasteiger partial charge in [-0.3, -0.25) is 9.69 Å². The van der Waals surface area contributed by atoms with Crippen LogP contribution in [0.2, 0.25) is 0 Å². The van der Waals surface area contributed by atoms with Gasteiger partial charge < -0.3 is 5.32 Å². The first kappa shape index (κ1) is 12.5. The van der Waals surface area contributed by atoms with E-state index in [9.17, 15) is 4.79 Å². The first-order valence-electron chi connectivity index (χ1n) is 4.87. The Labute approximate surface area is 100 Å². The minimum atomic E-state index is -0.146. The van der Waals surface area contributed by atoms with Crippen LogP contribution in [0.25, 0.3) is 0 Å². The van der Waals surface area contributed by atoms with Crippen molar-refractivity contribution in [2.24, 2.45) is 0 Å². The van der Waals surface area contributed by atoms with Crippen LogP contribution in [0.3, 0.4) is 0 Å². The fourth-order valence-electron chi connectivity index (χ4n) is 1.47. The second-order valence-electron chi connectivity index (χ2n) is 3.47. The lowest BCUT2D eigenvalue weighted by molar-refractivity contribution is -0.127. The van der Waals surface area contributed by atoms with Crippen LogP contribution >= 0.6 is 24.0 Å². The molecule has 0 radical (unpaired) electrons. The molecule has 5 heteroatoms. The van der Waals surface area contributed by atoms with Gasteiger partial charge in [-0.1, -0.05) is 6.08 Å². The maximum Gasteiger partial charge on any atom is 0.251 e. The van der Waals surface area contributed by atoms with E-state index < -0.39 is 0 Å². The summed E-state index contributed by atoms with van der Waals surface area (Å²) in [5.41, 5.74) is 0. The maximum atomic E-state index is 11.9. The molecule has 0 spiro atoms. The highest BCUT2D eigenvalue weighted by Gasteiger charge is 2.36. The lowest BCUT2D eigenvalue weighted by Gasteiger charge is -2.19. The Bertz CT molecular complexity index is 281. The van der Waals surface area contributed by atoms with Crippen molar-refractivity contribution in [3.63, 3.8) is 0 Å². The van der Waals surface area contributed by atoms with Gasteiger partial charge in [0.25, 0.3) is 5.91 Å². The number of hydrogen-bond donors (Lipinski definition) is 1. The summed E-state index contributed by atoms with van der Waals surface area (Å²) in [7, 11) is 0. The molecule has 0 aromatic rings. The number of thiocarbonyl (C=S) groups is 1. The lowest BCUT2D eigenvalue weighted by Crippen LogP contribution is -2.37. The number of rotatable bonds is 5. The standard InChI is InChI=1S/C10H16N2OS2/c1-4-7(2)12-9(13)8(5-6-15-3)11-10(12)14/h4,7-8H,1,5-6H2,2-3H3,(H,11,14)/t7?,8-/m1/s1. The van der Waals surface area contributed by atoms with E-state index >= 15 is 0 Å². The molecule has 1 unspecified atom stereocenters. The van der Waals surface area contributed by atoms with Crippen LogP contribution < -0.4 is 5.32 Å². The average molecular weight is 244 g/mol. The van der Waals surface area contributed by atoms with Gasteiger partial charge in [0.15, 0.2) is 5.11 Å². The van der Waals surface area contributed by atoms with E-state index in [0.29, 0.717) is 5.11 Å². The molecular formula is C10H16N2OS2. The summed E-state index contributed by atoms with van der Waals surface area (Å²) >= 11 is 6.86. The van der Waals surface area contributed by atoms with Gasteiger partial charge >= 0.3 is 0 Å². The predicted molar refractivity (Wildman–Crippen MR) is 69.0 cm³/mol. The molecule has 0 saturated carbocycles. The number of amides is 1. The van der Waals surface area contributed by atoms with Gasteiger partial charge in [0.1, 0.15) is 6.04 Å². The average Bonchev–Trinajstić information content (AvgIpc) is 2.50. The highest BCUT2D eigenvalue weighted by Crippen LogP contribution is 2.15. The summed E-state index contributed by atoms with van der Waals surface area (Å²) in [5.74, 6) is 1.03. The van der Waals surface area contributed by atoms with Crippen molar-refractivity contribution in [2.75, 3.05) is 12.0 Å². The van der Waals surface area contributed by atoms with Crippen LogP contribution in [-0.4, -0.2) is 40.0 Å². The number of carbonyl (C=O) groups excluding carboxylic acids is 1. The molecule has 1 saturated heterocycles. The minimum absolute atomic E-state index is 0.0308. The molecule has 15 heavy (non-hydrogen) atoms. The second-order valence-corrected chi connectivity index (χ2v) is 4.84. The number of nitrogens with zero attached hydrogens (tertiary/aromatic N) is 1. The van der Waals surface area contributed by atoms with Crippen LogP contribution in [0.15, 0.2) is 12.7 Å². The van der Waals surface area contributed by atoms with Crippen molar-refractivity contribution in [3.05, 3.63) is 12.7 Å². The summed E-state index contributed by atoms with van der Waals surface area (Å²) in [5, 5.41) is 3.58. The van der Waals surface area contributed by atoms with Crippen LogP contribution in [0, 0.1) is 0 Å². The normalized spacial score (nSPS) is 22.8. The molecule has 0 aromatic heterocycles. The molecule has 1 N–H and O–H groups in total. The first-order chi connectivity index (χ1) is 7.11. The van der Waals surface area contributed by atoms with Crippen LogP contribution in [-0.2, 0) is 4.79 Å². The first-order valence-corrected chi connectivity index (χ1v) is 6.67. The summed E-state index contributed by atoms with van der Waals surface area (Å²) in [6, 6.07) is -0.177. The Morgan fingerprint density at radius 3 is 3.00 bits per heavy atom. The van der Waals surface area contributed by atoms with Crippen LogP contribution in [0.5, 0.6) is 0 Å². The number of carbonyl (C=O) groups is 1. The third-order valence-electron chi connectivity index (χ3n) is 2.41. The smallest absolute Gasteiger partial charge is 0.251 e. The Morgan fingerprint density at radius 2 is 2.47 bits per heavy atom. The van der Waals surface area contributed by atoms with E-state index in [2.05, 4.69) is 11.9 Å². The van der Waals surface area contributed by atoms with E-state index in [-0.39, 0.29) is 18.0 Å². The summed E-state index contributed by atoms with van der Waals surface area (Å²) in [4.78, 5) is 13.5. The molecular weight excluding hydrogens is 228 g/mol. The van der Waals surface area contributed by atoms with Gasteiger partial charge in [-0.25, -0.2) is 0 Å². The Morgan fingerprint density at radius 1 is 1.80 bits per heavy atom. The molecule has 0 bridgehead atoms. The zero-order chi connectivity index (χ0) is 11.4. The van der Waals surface area contributed by atoms with Gasteiger partial charge in [0.05, 0.1) is 6.04 Å². The second kappa shape index (κ2) is 5.51. The van der Waals surface area contributed by atoms with Crippen molar-refractivity contribution in [3.8, 4) is 0 Å². The van der Waals surface area contributed by atoms with Gasteiger partial charge in [0, 0.05) is 0 Å². The Kier molecular flexibility index (Phi) is 4.60. The maximum absolute atomic E-state index is 11.9. The van der Waals surface area contributed by atoms with Gasteiger partial charge in [-0.05, 0) is 37.6 Å². The number of thioether (sulfide) groups is 1. The van der Waals surface area contributed by atoms with E-state index in [4.69, 9.17) is 12.2 Å². The monoisotopic (exact) mass is 244 g/mol. The molecule has 1 rings (SSSR count). The molecule has 84 valence electrons. The molecule has 1 heterocycles. The van der Waals surface area contributed by atoms with Crippen molar-refractivity contribution >= 4 is 35.0 Å². The van der Waals surface area contributed by atoms with Crippen LogP contribution in [0.4, 0.5) is 0 Å². The van der Waals surface area contributed by atoms with Crippen molar-refractivity contribution < 1.29 is 4.79 Å². The quantitative estimate of drug-likeness (QED) is 0.585. The van der Waals surface area contributed by atoms with Gasteiger partial charge in [0.2, 0.25) is 0 Å². The van der Waals surface area contributed by atoms with E-state index in [1.807, 2.05) is 13.2 Å². The molecule has 1 fully saturated rings. The largest absolute Gasteiger partial charge is 0.350 e. The van der Waals surface area contributed by atoms with E-state index in [1.54, 1.807) is 22.7 Å². The Balaban J connectivity index is 2.66. The third-order valence-corrected chi connectivity index (χ3v) is 3.37. The SMILES string of the molecule is C=CC(C)N1C(=O)[C@@H](CCSC)NC1=S. The molecule has 1 aliphatic rings. The molecule has 0 aliphatic carbocycles. The van der Waals surface area contributed by atoms with Crippen molar-refractivity contribution in [1.29, 1.82) is 0 Å². The van der Waals surface area contributed by atoms with Gasteiger partial charge in [-0.15, -0.1) is 6.58 Å². The van der Waals surface area contributed by atoms with E-state index in [0.717, 1.165) is 12.2 Å². The fourth-order valence-corrected chi connectivity index (χ4v) is 2.34. The summed E-state index contributed by atoms with van der Waals surface area (Å²) in [6.07, 6.45) is 4.57. The van der Waals surface area contributed by atoms with Crippen LogP contribution in [0.1, 0.15) is 13.3 Å². The minimum Gasteiger partial charge on any atom is -0.350 e. The fraction of sp³-hybridized carbons (Fsp3) is 0.600. The molecule has 0 aromatic carbocycles. The third kappa shape index (κ3) is 2.72. The molecule has 1 aliphatic heterocycles. The van der Waals surface area contributed by atoms with E-state index in [1.165, 1.54) is 0 Å².